The third-order valence-electron chi connectivity index (χ3n) is 5.88. The van der Waals surface area contributed by atoms with Crippen LogP contribution in [-0.2, 0) is 27.4 Å². The van der Waals surface area contributed by atoms with E-state index in [4.69, 9.17) is 4.74 Å². The Morgan fingerprint density at radius 1 is 1.16 bits per heavy atom. The lowest BCUT2D eigenvalue weighted by Gasteiger charge is -2.22. The lowest BCUT2D eigenvalue weighted by atomic mass is 10.0. The fourth-order valence-electron chi connectivity index (χ4n) is 4.04. The second kappa shape index (κ2) is 10.2. The van der Waals surface area contributed by atoms with Gasteiger partial charge in [0.15, 0.2) is 5.78 Å². The minimum Gasteiger partial charge on any atom is -0.480 e. The Kier molecular flexibility index (Phi) is 7.33. The van der Waals surface area contributed by atoms with Crippen molar-refractivity contribution in [2.75, 3.05) is 13.7 Å². The van der Waals surface area contributed by atoms with E-state index >= 15 is 0 Å². The van der Waals surface area contributed by atoms with Crippen LogP contribution < -0.4 is 4.74 Å². The predicted molar refractivity (Wildman–Crippen MR) is 120 cm³/mol. The van der Waals surface area contributed by atoms with Crippen LogP contribution in [-0.4, -0.2) is 59.1 Å². The first kappa shape index (κ1) is 26.7. The number of ketones is 1. The number of sulfonamides is 1. The van der Waals surface area contributed by atoms with E-state index in [1.807, 2.05) is 0 Å². The monoisotopic (exact) mass is 544 g/mol. The van der Waals surface area contributed by atoms with Gasteiger partial charge in [-0.25, -0.2) is 26.9 Å². The minimum absolute atomic E-state index is 0.0496. The quantitative estimate of drug-likeness (QED) is 0.401. The van der Waals surface area contributed by atoms with Gasteiger partial charge in [-0.3, -0.25) is 4.79 Å². The Morgan fingerprint density at radius 2 is 1.86 bits per heavy atom. The molecule has 2 aromatic heterocycles. The van der Waals surface area contributed by atoms with Crippen molar-refractivity contribution in [2.24, 2.45) is 0 Å². The molecule has 0 bridgehead atoms. The lowest BCUT2D eigenvalue weighted by Crippen LogP contribution is -2.40. The van der Waals surface area contributed by atoms with Gasteiger partial charge in [-0.1, -0.05) is 0 Å². The molecule has 0 spiro atoms. The summed E-state index contributed by atoms with van der Waals surface area (Å²) in [6, 6.07) is 4.75. The highest BCUT2D eigenvalue weighted by atomic mass is 32.2. The number of nitrogens with zero attached hydrogens (tertiary/aromatic N) is 4. The number of aromatic nitrogens is 3. The highest BCUT2D eigenvalue weighted by Crippen LogP contribution is 2.31. The summed E-state index contributed by atoms with van der Waals surface area (Å²) < 4.78 is 99.0. The van der Waals surface area contributed by atoms with Crippen LogP contribution in [0.25, 0.3) is 5.69 Å². The van der Waals surface area contributed by atoms with Crippen LogP contribution in [0.2, 0.25) is 0 Å². The Bertz CT molecular complexity index is 1380. The minimum atomic E-state index is -4.59. The maximum absolute atomic E-state index is 14.2. The lowest BCUT2D eigenvalue weighted by molar-refractivity contribution is -0.141. The summed E-state index contributed by atoms with van der Waals surface area (Å²) in [5.41, 5.74) is -0.418. The normalized spacial score (nSPS) is 18.8. The van der Waals surface area contributed by atoms with Crippen LogP contribution in [0.3, 0.4) is 0 Å². The number of hydrogen-bond acceptors (Lipinski definition) is 6. The highest BCUT2D eigenvalue weighted by molar-refractivity contribution is 7.89. The van der Waals surface area contributed by atoms with E-state index in [-0.39, 0.29) is 35.7 Å². The Balaban J connectivity index is 1.50. The fourth-order valence-corrected chi connectivity index (χ4v) is 5.69. The van der Waals surface area contributed by atoms with Crippen molar-refractivity contribution in [3.05, 3.63) is 65.9 Å². The van der Waals surface area contributed by atoms with Crippen LogP contribution >= 0.6 is 0 Å². The molecule has 1 saturated heterocycles. The van der Waals surface area contributed by atoms with Crippen molar-refractivity contribution in [2.45, 2.75) is 42.5 Å². The molecular weight excluding hydrogens is 523 g/mol. The van der Waals surface area contributed by atoms with Gasteiger partial charge in [-0.05, 0) is 42.8 Å². The molecule has 3 heterocycles. The summed E-state index contributed by atoms with van der Waals surface area (Å²) in [6.07, 6.45) is -4.14. The number of pyridine rings is 1. The van der Waals surface area contributed by atoms with E-state index in [0.717, 1.165) is 40.8 Å². The molecule has 8 nitrogen and oxygen atoms in total. The van der Waals surface area contributed by atoms with Crippen molar-refractivity contribution in [1.29, 1.82) is 0 Å². The smallest absolute Gasteiger partial charge is 0.433 e. The van der Waals surface area contributed by atoms with E-state index in [1.54, 1.807) is 0 Å². The van der Waals surface area contributed by atoms with Crippen molar-refractivity contribution in [1.82, 2.24) is 19.1 Å². The zero-order chi connectivity index (χ0) is 27.0. The second-order valence-electron chi connectivity index (χ2n) is 8.35. The molecule has 1 aliphatic rings. The highest BCUT2D eigenvalue weighted by Gasteiger charge is 2.43. The van der Waals surface area contributed by atoms with Crippen molar-refractivity contribution < 1.29 is 39.9 Å². The first-order valence-corrected chi connectivity index (χ1v) is 12.4. The number of Topliss-reactive ketones (excluding diaryl/α,β-unsaturated/α-hetero) is 1. The number of hydrogen-bond donors (Lipinski definition) is 0. The molecule has 37 heavy (non-hydrogen) atoms. The SMILES string of the molecule is COc1nn(-c2ccc(C(F)(F)F)nc2)cc1CCC(=O)[C@@H]1C[C@@H](F)CN1S(=O)(=O)c1ccc(F)cc1. The van der Waals surface area contributed by atoms with Gasteiger partial charge in [-0.2, -0.15) is 17.5 Å². The third kappa shape index (κ3) is 5.64. The topological polar surface area (TPSA) is 94.4 Å². The molecule has 14 heteroatoms. The molecule has 3 aromatic rings. The summed E-state index contributed by atoms with van der Waals surface area (Å²) >= 11 is 0. The molecule has 0 aliphatic carbocycles. The van der Waals surface area contributed by atoms with Crippen LogP contribution in [0.4, 0.5) is 22.0 Å². The fraction of sp³-hybridized carbons (Fsp3) is 0.348. The molecule has 1 aromatic carbocycles. The maximum Gasteiger partial charge on any atom is 0.433 e. The molecule has 2 atom stereocenters. The predicted octanol–water partition coefficient (Wildman–Crippen LogP) is 3.74. The van der Waals surface area contributed by atoms with E-state index in [9.17, 15) is 35.2 Å². The van der Waals surface area contributed by atoms with E-state index in [0.29, 0.717) is 5.56 Å². The van der Waals surface area contributed by atoms with Gasteiger partial charge in [0.1, 0.15) is 17.7 Å². The number of benzene rings is 1. The molecule has 0 unspecified atom stereocenters. The first-order chi connectivity index (χ1) is 17.4. The molecular formula is C23H21F5N4O4S. The zero-order valence-corrected chi connectivity index (χ0v) is 20.1. The Hall–Kier alpha value is -3.39. The number of alkyl halides is 4. The van der Waals surface area contributed by atoms with Gasteiger partial charge >= 0.3 is 6.18 Å². The number of carbonyl (C=O) groups is 1. The van der Waals surface area contributed by atoms with Gasteiger partial charge in [0.05, 0.1) is 29.9 Å². The summed E-state index contributed by atoms with van der Waals surface area (Å²) in [7, 11) is -2.92. The summed E-state index contributed by atoms with van der Waals surface area (Å²) in [5, 5.41) is 4.14. The number of methoxy groups -OCH3 is 1. The van der Waals surface area contributed by atoms with Gasteiger partial charge in [0.2, 0.25) is 15.9 Å². The van der Waals surface area contributed by atoms with Crippen molar-refractivity contribution >= 4 is 15.8 Å². The maximum atomic E-state index is 14.2. The van der Waals surface area contributed by atoms with Crippen LogP contribution in [0.5, 0.6) is 5.88 Å². The van der Waals surface area contributed by atoms with E-state index in [2.05, 4.69) is 10.1 Å². The molecule has 0 amide bonds. The number of halogens is 5. The summed E-state index contributed by atoms with van der Waals surface area (Å²) in [4.78, 5) is 16.1. The second-order valence-corrected chi connectivity index (χ2v) is 10.2. The third-order valence-corrected chi connectivity index (χ3v) is 7.77. The number of ether oxygens (including phenoxy) is 1. The van der Waals surface area contributed by atoms with Gasteiger partial charge in [0, 0.05) is 31.1 Å². The van der Waals surface area contributed by atoms with E-state index in [1.165, 1.54) is 24.1 Å². The molecule has 0 radical (unpaired) electrons. The molecule has 0 saturated carbocycles. The molecule has 198 valence electrons. The average Bonchev–Trinajstić information content (AvgIpc) is 3.46. The van der Waals surface area contributed by atoms with Gasteiger partial charge in [-0.15, -0.1) is 5.10 Å². The van der Waals surface area contributed by atoms with Gasteiger partial charge < -0.3 is 4.74 Å². The summed E-state index contributed by atoms with van der Waals surface area (Å²) in [5.74, 6) is -1.06. The zero-order valence-electron chi connectivity index (χ0n) is 19.3. The largest absolute Gasteiger partial charge is 0.480 e. The van der Waals surface area contributed by atoms with Crippen molar-refractivity contribution in [3.63, 3.8) is 0 Å². The van der Waals surface area contributed by atoms with E-state index < -0.39 is 52.3 Å². The molecule has 1 fully saturated rings. The standard InChI is InChI=1S/C23H21F5N4O4S/c1-36-22-14(12-31(30-22)17-5-9-21(29-11-17)23(26,27)28)2-8-20(33)19-10-16(25)13-32(19)37(34,35)18-6-3-15(24)4-7-18/h3-7,9,11-12,16,19H,2,8,10,13H2,1H3/t16-,19+/m1/s1. The summed E-state index contributed by atoms with van der Waals surface area (Å²) in [6.45, 7) is -0.502. The Labute approximate surface area is 208 Å². The van der Waals surface area contributed by atoms with Crippen molar-refractivity contribution in [3.8, 4) is 11.6 Å². The number of rotatable bonds is 8. The molecule has 4 rings (SSSR count). The average molecular weight is 545 g/mol. The molecule has 0 N–H and O–H groups in total. The Morgan fingerprint density at radius 3 is 2.46 bits per heavy atom. The van der Waals surface area contributed by atoms with Crippen LogP contribution in [0.15, 0.2) is 53.7 Å². The number of carbonyl (C=O) groups excluding carboxylic acids is 1. The first-order valence-electron chi connectivity index (χ1n) is 11.0. The van der Waals surface area contributed by atoms with Crippen LogP contribution in [0, 0.1) is 5.82 Å². The van der Waals surface area contributed by atoms with Crippen LogP contribution in [0.1, 0.15) is 24.1 Å². The van der Waals surface area contributed by atoms with Gasteiger partial charge in [0.25, 0.3) is 0 Å². The molecule has 1 aliphatic heterocycles. The number of aryl methyl sites for hydroxylation is 1.